The van der Waals surface area contributed by atoms with E-state index in [4.69, 9.17) is 4.42 Å². The number of hydrogen-bond donors (Lipinski definition) is 0. The number of carbonyl (C=O) groups is 1. The van der Waals surface area contributed by atoms with Crippen LogP contribution in [-0.2, 0) is 0 Å². The molecule has 5 aromatic rings. The number of hydrogen-bond acceptors (Lipinski definition) is 5. The molecule has 0 aliphatic heterocycles. The third-order valence-electron chi connectivity index (χ3n) is 6.14. The van der Waals surface area contributed by atoms with Gasteiger partial charge in [-0.3, -0.25) is 14.2 Å². The predicted molar refractivity (Wildman–Crippen MR) is 131 cm³/mol. The van der Waals surface area contributed by atoms with Gasteiger partial charge in [0, 0.05) is 17.5 Å². The summed E-state index contributed by atoms with van der Waals surface area (Å²) in [4.78, 5) is 39.3. The number of benzene rings is 2. The van der Waals surface area contributed by atoms with Gasteiger partial charge in [-0.05, 0) is 51.0 Å². The Morgan fingerprint density at radius 2 is 1.68 bits per heavy atom. The second kappa shape index (κ2) is 7.95. The number of aryl methyl sites for hydroxylation is 3. The lowest BCUT2D eigenvalue weighted by molar-refractivity contribution is 0.0840. The predicted octanol–water partition coefficient (Wildman–Crippen LogP) is 4.80. The number of nitrogens with zero attached hydrogens (tertiary/aromatic N) is 3. The van der Waals surface area contributed by atoms with Gasteiger partial charge < -0.3 is 4.42 Å². The number of aromatic nitrogens is 3. The van der Waals surface area contributed by atoms with E-state index >= 15 is 0 Å². The van der Waals surface area contributed by atoms with Gasteiger partial charge in [-0.2, -0.15) is 9.78 Å². The third kappa shape index (κ3) is 3.37. The van der Waals surface area contributed by atoms with E-state index < -0.39 is 17.6 Å². The first kappa shape index (κ1) is 21.6. The van der Waals surface area contributed by atoms with Crippen molar-refractivity contribution in [1.29, 1.82) is 0 Å². The summed E-state index contributed by atoms with van der Waals surface area (Å²) >= 11 is 0. The van der Waals surface area contributed by atoms with Gasteiger partial charge in [-0.25, -0.2) is 4.79 Å². The normalized spacial score (nSPS) is 12.4. The molecule has 0 aliphatic carbocycles. The van der Waals surface area contributed by atoms with Gasteiger partial charge in [0.1, 0.15) is 17.2 Å². The SMILES string of the molecule is Cc1ccc2c(c1)c(-c1ccccc1)cc(=O)n2C(C)C(=O)n1nc(C)c2c(=O)oc(C)cc21. The molecular formula is C27H23N3O4. The molecule has 0 amide bonds. The lowest BCUT2D eigenvalue weighted by atomic mass is 9.99. The molecule has 0 spiro atoms. The maximum Gasteiger partial charge on any atom is 0.347 e. The fourth-order valence-electron chi connectivity index (χ4n) is 4.53. The van der Waals surface area contributed by atoms with E-state index in [-0.39, 0.29) is 10.9 Å². The molecule has 2 aromatic carbocycles. The first-order valence-electron chi connectivity index (χ1n) is 11.0. The Morgan fingerprint density at radius 3 is 2.41 bits per heavy atom. The van der Waals surface area contributed by atoms with Gasteiger partial charge in [-0.15, -0.1) is 0 Å². The van der Waals surface area contributed by atoms with E-state index in [9.17, 15) is 14.4 Å². The molecule has 0 radical (unpaired) electrons. The highest BCUT2D eigenvalue weighted by Crippen LogP contribution is 2.30. The smallest absolute Gasteiger partial charge is 0.347 e. The molecule has 0 saturated carbocycles. The average molecular weight is 453 g/mol. The molecule has 3 heterocycles. The van der Waals surface area contributed by atoms with Crippen LogP contribution >= 0.6 is 0 Å². The molecule has 3 aromatic heterocycles. The summed E-state index contributed by atoms with van der Waals surface area (Å²) in [5.41, 5.74) is 3.38. The molecular weight excluding hydrogens is 430 g/mol. The van der Waals surface area contributed by atoms with Gasteiger partial charge in [0.25, 0.3) is 11.5 Å². The van der Waals surface area contributed by atoms with Gasteiger partial charge in [0.2, 0.25) is 0 Å². The van der Waals surface area contributed by atoms with Gasteiger partial charge in [-0.1, -0.05) is 42.0 Å². The zero-order valence-corrected chi connectivity index (χ0v) is 19.3. The topological polar surface area (TPSA) is 87.1 Å². The quantitative estimate of drug-likeness (QED) is 0.392. The van der Waals surface area contributed by atoms with Crippen molar-refractivity contribution in [3.05, 3.63) is 98.5 Å². The van der Waals surface area contributed by atoms with Crippen LogP contribution in [-0.4, -0.2) is 20.3 Å². The number of carbonyl (C=O) groups excluding carboxylic acids is 1. The summed E-state index contributed by atoms with van der Waals surface area (Å²) < 4.78 is 7.87. The lowest BCUT2D eigenvalue weighted by Crippen LogP contribution is -2.31. The van der Waals surface area contributed by atoms with Gasteiger partial charge >= 0.3 is 5.63 Å². The standard InChI is InChI=1S/C27H23N3O4/c1-15-10-11-22-21(12-15)20(19-8-6-5-7-9-19)14-24(31)29(22)18(4)26(32)30-23-13-16(2)34-27(33)25(23)17(3)28-30/h5-14,18H,1-4H3. The number of pyridine rings is 1. The van der Waals surface area contributed by atoms with Gasteiger partial charge in [0.15, 0.2) is 0 Å². The van der Waals surface area contributed by atoms with Crippen LogP contribution in [0, 0.1) is 20.8 Å². The van der Waals surface area contributed by atoms with E-state index in [2.05, 4.69) is 5.10 Å². The fraction of sp³-hybridized carbons (Fsp3) is 0.185. The Labute approximate surface area is 194 Å². The maximum absolute atomic E-state index is 13.6. The van der Waals surface area contributed by atoms with Crippen molar-refractivity contribution >= 4 is 27.7 Å². The van der Waals surface area contributed by atoms with Crippen LogP contribution in [0.4, 0.5) is 0 Å². The zero-order valence-electron chi connectivity index (χ0n) is 19.3. The van der Waals surface area contributed by atoms with Crippen LogP contribution in [0.3, 0.4) is 0 Å². The Balaban J connectivity index is 1.73. The highest BCUT2D eigenvalue weighted by Gasteiger charge is 2.25. The van der Waals surface area contributed by atoms with Crippen LogP contribution in [0.2, 0.25) is 0 Å². The maximum atomic E-state index is 13.6. The minimum Gasteiger partial charge on any atom is -0.428 e. The Morgan fingerprint density at radius 1 is 0.941 bits per heavy atom. The van der Waals surface area contributed by atoms with E-state index in [0.717, 1.165) is 22.1 Å². The molecule has 1 atom stereocenters. The van der Waals surface area contributed by atoms with E-state index in [1.807, 2.05) is 55.5 Å². The molecule has 7 heteroatoms. The molecule has 0 saturated heterocycles. The number of rotatable bonds is 3. The molecule has 7 nitrogen and oxygen atoms in total. The Bertz CT molecular complexity index is 1710. The van der Waals surface area contributed by atoms with Crippen molar-refractivity contribution in [1.82, 2.24) is 14.3 Å². The van der Waals surface area contributed by atoms with Crippen molar-refractivity contribution in [2.75, 3.05) is 0 Å². The Kier molecular flexibility index (Phi) is 5.05. The Hall–Kier alpha value is -4.26. The third-order valence-corrected chi connectivity index (χ3v) is 6.14. The lowest BCUT2D eigenvalue weighted by Gasteiger charge is -2.19. The first-order valence-corrected chi connectivity index (χ1v) is 11.0. The molecule has 1 unspecified atom stereocenters. The van der Waals surface area contributed by atoms with E-state index in [0.29, 0.717) is 22.5 Å². The van der Waals surface area contributed by atoms with E-state index in [1.54, 1.807) is 32.9 Å². The molecule has 0 fully saturated rings. The average Bonchev–Trinajstić information content (AvgIpc) is 3.14. The second-order valence-corrected chi connectivity index (χ2v) is 8.57. The van der Waals surface area contributed by atoms with Crippen LogP contribution in [0.15, 0.2) is 74.7 Å². The number of fused-ring (bicyclic) bond motifs is 2. The van der Waals surface area contributed by atoms with Crippen molar-refractivity contribution in [3.63, 3.8) is 0 Å². The van der Waals surface area contributed by atoms with Crippen molar-refractivity contribution < 1.29 is 9.21 Å². The molecule has 0 aliphatic rings. The first-order chi connectivity index (χ1) is 16.3. The summed E-state index contributed by atoms with van der Waals surface area (Å²) in [6, 6.07) is 17.8. The molecule has 0 bridgehead atoms. The minimum absolute atomic E-state index is 0.262. The zero-order chi connectivity index (χ0) is 24.1. The summed E-state index contributed by atoms with van der Waals surface area (Å²) in [7, 11) is 0. The monoisotopic (exact) mass is 453 g/mol. The highest BCUT2D eigenvalue weighted by molar-refractivity contribution is 5.97. The summed E-state index contributed by atoms with van der Waals surface area (Å²) in [6.45, 7) is 6.96. The second-order valence-electron chi connectivity index (χ2n) is 8.57. The van der Waals surface area contributed by atoms with Crippen LogP contribution < -0.4 is 11.2 Å². The summed E-state index contributed by atoms with van der Waals surface area (Å²) in [6.07, 6.45) is 0. The molecule has 0 N–H and O–H groups in total. The fourth-order valence-corrected chi connectivity index (χ4v) is 4.53. The van der Waals surface area contributed by atoms with Crippen LogP contribution in [0.25, 0.3) is 32.9 Å². The molecule has 34 heavy (non-hydrogen) atoms. The summed E-state index contributed by atoms with van der Waals surface area (Å²) in [5.74, 6) is -0.0380. The highest BCUT2D eigenvalue weighted by atomic mass is 16.4. The van der Waals surface area contributed by atoms with Gasteiger partial charge in [0.05, 0.1) is 16.7 Å². The minimum atomic E-state index is -0.863. The van der Waals surface area contributed by atoms with Crippen molar-refractivity contribution in [2.45, 2.75) is 33.7 Å². The van der Waals surface area contributed by atoms with Crippen molar-refractivity contribution in [2.24, 2.45) is 0 Å². The largest absolute Gasteiger partial charge is 0.428 e. The molecule has 5 rings (SSSR count). The van der Waals surface area contributed by atoms with Crippen LogP contribution in [0.1, 0.15) is 34.8 Å². The van der Waals surface area contributed by atoms with Crippen molar-refractivity contribution in [3.8, 4) is 11.1 Å². The van der Waals surface area contributed by atoms with E-state index in [1.165, 1.54) is 9.25 Å². The summed E-state index contributed by atoms with van der Waals surface area (Å²) in [5, 5.41) is 5.46. The molecule has 170 valence electrons. The van der Waals surface area contributed by atoms with Crippen LogP contribution in [0.5, 0.6) is 0 Å².